The molecule has 0 aliphatic carbocycles. The first-order valence-corrected chi connectivity index (χ1v) is 10.1. The number of esters is 1. The molecule has 1 amide bonds. The molecule has 0 saturated carbocycles. The van der Waals surface area contributed by atoms with Crippen molar-refractivity contribution < 1.29 is 14.3 Å². The van der Waals surface area contributed by atoms with Crippen LogP contribution in [-0.2, 0) is 16.6 Å². The van der Waals surface area contributed by atoms with Crippen LogP contribution in [0.4, 0.5) is 5.69 Å². The molecule has 0 aliphatic rings. The normalized spacial score (nSPS) is 10.6. The van der Waals surface area contributed by atoms with Crippen molar-refractivity contribution in [3.8, 4) is 10.4 Å². The maximum Gasteiger partial charge on any atom is 0.350 e. The lowest BCUT2D eigenvalue weighted by Gasteiger charge is -2.06. The van der Waals surface area contributed by atoms with Crippen molar-refractivity contribution in [3.63, 3.8) is 0 Å². The zero-order valence-electron chi connectivity index (χ0n) is 15.0. The molecule has 0 spiro atoms. The molecule has 2 heterocycles. The maximum absolute atomic E-state index is 12.4. The Morgan fingerprint density at radius 3 is 2.74 bits per heavy atom. The number of rotatable bonds is 7. The quantitative estimate of drug-likeness (QED) is 0.477. The lowest BCUT2D eigenvalue weighted by molar-refractivity contribution is -0.113. The van der Waals surface area contributed by atoms with Gasteiger partial charge in [-0.1, -0.05) is 42.1 Å². The van der Waals surface area contributed by atoms with Crippen molar-refractivity contribution in [2.75, 3.05) is 17.7 Å². The van der Waals surface area contributed by atoms with Gasteiger partial charge in [-0.15, -0.1) is 11.3 Å². The highest BCUT2D eigenvalue weighted by Crippen LogP contribution is 2.35. The highest BCUT2D eigenvalue weighted by Gasteiger charge is 2.20. The van der Waals surface area contributed by atoms with E-state index in [1.54, 1.807) is 13.1 Å². The predicted molar refractivity (Wildman–Crippen MR) is 108 cm³/mol. The molecule has 0 unspecified atom stereocenters. The van der Waals surface area contributed by atoms with Gasteiger partial charge in [-0.05, 0) is 18.6 Å². The van der Waals surface area contributed by atoms with Gasteiger partial charge in [-0.3, -0.25) is 4.79 Å². The molecule has 0 aliphatic heterocycles. The summed E-state index contributed by atoms with van der Waals surface area (Å²) in [6.07, 6.45) is 3.51. The number of carbonyl (C=O) groups excluding carboxylic acids is 2. The fourth-order valence-corrected chi connectivity index (χ4v) is 4.13. The monoisotopic (exact) mass is 401 g/mol. The molecule has 6 nitrogen and oxygen atoms in total. The summed E-state index contributed by atoms with van der Waals surface area (Å²) in [6, 6.07) is 11.5. The minimum atomic E-state index is -0.434. The summed E-state index contributed by atoms with van der Waals surface area (Å²) in [4.78, 5) is 30.2. The van der Waals surface area contributed by atoms with Gasteiger partial charge in [0, 0.05) is 24.3 Å². The largest absolute Gasteiger partial charge is 0.462 e. The molecule has 0 bridgehead atoms. The summed E-state index contributed by atoms with van der Waals surface area (Å²) in [7, 11) is 1.87. The summed E-state index contributed by atoms with van der Waals surface area (Å²) in [5, 5.41) is 3.59. The van der Waals surface area contributed by atoms with Gasteiger partial charge in [0.05, 0.1) is 18.0 Å². The van der Waals surface area contributed by atoms with Crippen molar-refractivity contribution >= 4 is 40.7 Å². The number of aryl methyl sites for hydroxylation is 1. The third-order valence-electron chi connectivity index (χ3n) is 3.63. The number of ether oxygens (including phenoxy) is 1. The Morgan fingerprint density at radius 1 is 1.30 bits per heavy atom. The van der Waals surface area contributed by atoms with Crippen molar-refractivity contribution in [1.82, 2.24) is 9.55 Å². The standard InChI is InChI=1S/C19H19N3O3S2/c1-3-25-18(24)17-14(11-15(27-17)13-7-5-4-6-8-13)21-16(23)12-26-19-20-9-10-22(19)2/h4-11H,3,12H2,1-2H3,(H,21,23). The lowest BCUT2D eigenvalue weighted by Crippen LogP contribution is -2.16. The van der Waals surface area contributed by atoms with E-state index in [0.717, 1.165) is 15.6 Å². The summed E-state index contributed by atoms with van der Waals surface area (Å²) < 4.78 is 6.98. The van der Waals surface area contributed by atoms with Gasteiger partial charge in [0.1, 0.15) is 4.88 Å². The summed E-state index contributed by atoms with van der Waals surface area (Å²) in [6.45, 7) is 2.03. The van der Waals surface area contributed by atoms with Crippen LogP contribution in [0.2, 0.25) is 0 Å². The molecule has 0 atom stereocenters. The van der Waals surface area contributed by atoms with Crippen LogP contribution in [-0.4, -0.2) is 33.8 Å². The van der Waals surface area contributed by atoms with Gasteiger partial charge in [0.25, 0.3) is 0 Å². The van der Waals surface area contributed by atoms with Gasteiger partial charge in [-0.25, -0.2) is 9.78 Å². The van der Waals surface area contributed by atoms with E-state index in [2.05, 4.69) is 10.3 Å². The second-order valence-corrected chi connectivity index (χ2v) is 7.59. The smallest absolute Gasteiger partial charge is 0.350 e. The third kappa shape index (κ3) is 4.78. The van der Waals surface area contributed by atoms with Crippen LogP contribution >= 0.6 is 23.1 Å². The van der Waals surface area contributed by atoms with E-state index in [1.807, 2.05) is 54.2 Å². The SMILES string of the molecule is CCOC(=O)c1sc(-c2ccccc2)cc1NC(=O)CSc1nccn1C. The molecular weight excluding hydrogens is 382 g/mol. The average Bonchev–Trinajstić information content (AvgIpc) is 3.27. The van der Waals surface area contributed by atoms with Crippen LogP contribution in [0, 0.1) is 0 Å². The molecule has 1 aromatic carbocycles. The summed E-state index contributed by atoms with van der Waals surface area (Å²) >= 11 is 2.64. The molecule has 1 N–H and O–H groups in total. The van der Waals surface area contributed by atoms with Crippen molar-refractivity contribution in [2.45, 2.75) is 12.1 Å². The molecular formula is C19H19N3O3S2. The number of aromatic nitrogens is 2. The number of hydrogen-bond donors (Lipinski definition) is 1. The zero-order valence-corrected chi connectivity index (χ0v) is 16.6. The Bertz CT molecular complexity index is 935. The van der Waals surface area contributed by atoms with Crippen molar-refractivity contribution in [1.29, 1.82) is 0 Å². The van der Waals surface area contributed by atoms with Crippen LogP contribution < -0.4 is 5.32 Å². The second kappa shape index (κ2) is 8.88. The van der Waals surface area contributed by atoms with Crippen molar-refractivity contribution in [3.05, 3.63) is 53.7 Å². The first-order valence-electron chi connectivity index (χ1n) is 8.34. The van der Waals surface area contributed by atoms with Crippen LogP contribution in [0.25, 0.3) is 10.4 Å². The highest BCUT2D eigenvalue weighted by atomic mass is 32.2. The first-order chi connectivity index (χ1) is 13.1. The first kappa shape index (κ1) is 19.2. The molecule has 2 aromatic heterocycles. The Labute approximate surface area is 165 Å². The van der Waals surface area contributed by atoms with Gasteiger partial charge in [0.15, 0.2) is 5.16 Å². The van der Waals surface area contributed by atoms with Gasteiger partial charge in [0.2, 0.25) is 5.91 Å². The van der Waals surface area contributed by atoms with E-state index >= 15 is 0 Å². The minimum Gasteiger partial charge on any atom is -0.462 e. The number of imidazole rings is 1. The lowest BCUT2D eigenvalue weighted by atomic mass is 10.2. The van der Waals surface area contributed by atoms with E-state index in [-0.39, 0.29) is 18.3 Å². The molecule has 8 heteroatoms. The predicted octanol–water partition coefficient (Wildman–Crippen LogP) is 4.06. The number of nitrogens with one attached hydrogen (secondary N) is 1. The third-order valence-corrected chi connectivity index (χ3v) is 5.86. The average molecular weight is 402 g/mol. The number of thiophene rings is 1. The van der Waals surface area contributed by atoms with Crippen LogP contribution in [0.3, 0.4) is 0 Å². The number of amides is 1. The highest BCUT2D eigenvalue weighted by molar-refractivity contribution is 7.99. The molecule has 3 aromatic rings. The van der Waals surface area contributed by atoms with E-state index in [0.29, 0.717) is 10.6 Å². The van der Waals surface area contributed by atoms with E-state index in [1.165, 1.54) is 23.1 Å². The molecule has 140 valence electrons. The Morgan fingerprint density at radius 2 is 2.07 bits per heavy atom. The van der Waals surface area contributed by atoms with E-state index in [4.69, 9.17) is 4.74 Å². The number of anilines is 1. The van der Waals surface area contributed by atoms with Crippen LogP contribution in [0.15, 0.2) is 53.9 Å². The number of benzene rings is 1. The molecule has 27 heavy (non-hydrogen) atoms. The topological polar surface area (TPSA) is 73.2 Å². The molecule has 0 fully saturated rings. The zero-order chi connectivity index (χ0) is 19.2. The van der Waals surface area contributed by atoms with Gasteiger partial charge in [-0.2, -0.15) is 0 Å². The maximum atomic E-state index is 12.4. The van der Waals surface area contributed by atoms with E-state index in [9.17, 15) is 9.59 Å². The number of hydrogen-bond acceptors (Lipinski definition) is 6. The fraction of sp³-hybridized carbons (Fsp3) is 0.211. The van der Waals surface area contributed by atoms with Crippen molar-refractivity contribution in [2.24, 2.45) is 7.05 Å². The van der Waals surface area contributed by atoms with Gasteiger partial charge >= 0.3 is 5.97 Å². The number of carbonyl (C=O) groups is 2. The van der Waals surface area contributed by atoms with Crippen LogP contribution in [0.5, 0.6) is 0 Å². The Hall–Kier alpha value is -2.58. The number of thioether (sulfide) groups is 1. The minimum absolute atomic E-state index is 0.198. The fourth-order valence-electron chi connectivity index (χ4n) is 2.38. The number of nitrogens with zero attached hydrogens (tertiary/aromatic N) is 2. The van der Waals surface area contributed by atoms with Crippen LogP contribution in [0.1, 0.15) is 16.6 Å². The van der Waals surface area contributed by atoms with Gasteiger partial charge < -0.3 is 14.6 Å². The second-order valence-electron chi connectivity index (χ2n) is 5.60. The Kier molecular flexibility index (Phi) is 6.31. The Balaban J connectivity index is 1.78. The molecule has 0 saturated heterocycles. The summed E-state index contributed by atoms with van der Waals surface area (Å²) in [5.74, 6) is -0.438. The molecule has 0 radical (unpaired) electrons. The van der Waals surface area contributed by atoms with E-state index < -0.39 is 5.97 Å². The molecule has 3 rings (SSSR count). The summed E-state index contributed by atoms with van der Waals surface area (Å²) in [5.41, 5.74) is 1.46.